The summed E-state index contributed by atoms with van der Waals surface area (Å²) >= 11 is 0. The van der Waals surface area contributed by atoms with E-state index >= 15 is 0 Å². The Bertz CT molecular complexity index is 933. The fourth-order valence-electron chi connectivity index (χ4n) is 2.91. The number of hydrogen-bond donors (Lipinski definition) is 1. The van der Waals surface area contributed by atoms with Gasteiger partial charge in [0.15, 0.2) is 5.16 Å². The number of H-pyrrole nitrogens is 1. The summed E-state index contributed by atoms with van der Waals surface area (Å²) in [5, 5.41) is 0.455. The van der Waals surface area contributed by atoms with Crippen molar-refractivity contribution >= 4 is 21.8 Å². The Kier molecular flexibility index (Phi) is 7.62. The van der Waals surface area contributed by atoms with E-state index in [4.69, 9.17) is 14.2 Å². The van der Waals surface area contributed by atoms with Crippen LogP contribution in [0, 0.1) is 6.92 Å². The molecule has 2 atom stereocenters. The number of pyridine rings is 1. The van der Waals surface area contributed by atoms with Crippen molar-refractivity contribution in [3.63, 3.8) is 0 Å². The minimum Gasteiger partial charge on any atom is -1.00 e. The van der Waals surface area contributed by atoms with Crippen molar-refractivity contribution in [3.05, 3.63) is 47.8 Å². The molecular weight excluding hydrogens is 389 g/mol. The summed E-state index contributed by atoms with van der Waals surface area (Å²) in [6.07, 6.45) is 1.60. The molecule has 0 bridgehead atoms. The Morgan fingerprint density at radius 3 is 2.96 bits per heavy atom. The van der Waals surface area contributed by atoms with Crippen molar-refractivity contribution in [2.45, 2.75) is 23.9 Å². The van der Waals surface area contributed by atoms with E-state index in [9.17, 15) is 4.21 Å². The molecule has 0 amide bonds. The van der Waals surface area contributed by atoms with Gasteiger partial charge < -0.3 is 20.6 Å². The maximum Gasteiger partial charge on any atom is 1.00 e. The second-order valence-corrected chi connectivity index (χ2v) is 7.67. The van der Waals surface area contributed by atoms with Crippen molar-refractivity contribution < 1.29 is 49.4 Å². The van der Waals surface area contributed by atoms with Gasteiger partial charge in [-0.2, -0.15) is 0 Å². The van der Waals surface area contributed by atoms with Crippen molar-refractivity contribution in [3.8, 4) is 5.75 Å². The van der Waals surface area contributed by atoms with Gasteiger partial charge in [0.2, 0.25) is 0 Å². The number of imidazole rings is 1. The van der Waals surface area contributed by atoms with Crippen LogP contribution in [0.15, 0.2) is 41.7 Å². The zero-order valence-electron chi connectivity index (χ0n) is 17.0. The van der Waals surface area contributed by atoms with Crippen LogP contribution in [-0.4, -0.2) is 51.7 Å². The number of ether oxygens (including phenoxy) is 3. The average Bonchev–Trinajstić information content (AvgIpc) is 3.14. The molecule has 0 saturated carbocycles. The van der Waals surface area contributed by atoms with E-state index in [2.05, 4.69) is 15.0 Å². The third-order valence-electron chi connectivity index (χ3n) is 4.42. The molecule has 1 N–H and O–H groups in total. The van der Waals surface area contributed by atoms with Gasteiger partial charge in [0, 0.05) is 11.8 Å². The second kappa shape index (κ2) is 9.96. The van der Waals surface area contributed by atoms with Crippen LogP contribution in [0.3, 0.4) is 0 Å². The number of aromatic amines is 1. The second-order valence-electron chi connectivity index (χ2n) is 6.31. The standard InChI is InChI=1S/C19H21N3O4S.Na.H/c1-13-17(12-27(23)19-21-15-4-2-3-5-16(15)22-19)20-7-6-18(13)26-11-14-10-24-8-9-25-14;;/h2-7,14H,8-12H2,1H3,(H,21,22);;/q;+1;-1. The Hall–Kier alpha value is -1.29. The summed E-state index contributed by atoms with van der Waals surface area (Å²) in [6, 6.07) is 9.44. The van der Waals surface area contributed by atoms with Crippen molar-refractivity contribution in [1.29, 1.82) is 0 Å². The quantitative estimate of drug-likeness (QED) is 0.550. The molecule has 4 rings (SSSR count). The summed E-state index contributed by atoms with van der Waals surface area (Å²) in [5.74, 6) is 0.988. The summed E-state index contributed by atoms with van der Waals surface area (Å²) in [5.41, 5.74) is 3.28. The molecular formula is C19H22N3NaO4S. The molecule has 1 aliphatic rings. The molecule has 0 aliphatic carbocycles. The first-order chi connectivity index (χ1) is 13.2. The summed E-state index contributed by atoms with van der Waals surface area (Å²) < 4.78 is 29.6. The molecule has 9 heteroatoms. The first-order valence-corrected chi connectivity index (χ1v) is 10.1. The fraction of sp³-hybridized carbons (Fsp3) is 0.368. The molecule has 3 aromatic rings. The third-order valence-corrected chi connectivity index (χ3v) is 5.58. The van der Waals surface area contributed by atoms with Crippen LogP contribution < -0.4 is 34.3 Å². The van der Waals surface area contributed by atoms with E-state index in [0.29, 0.717) is 31.6 Å². The Labute approximate surface area is 189 Å². The zero-order valence-corrected chi connectivity index (χ0v) is 18.8. The monoisotopic (exact) mass is 411 g/mol. The first-order valence-electron chi connectivity index (χ1n) is 8.80. The molecule has 7 nitrogen and oxygen atoms in total. The maximum atomic E-state index is 12.8. The molecule has 2 aromatic heterocycles. The predicted octanol–water partition coefficient (Wildman–Crippen LogP) is -0.515. The molecule has 1 aliphatic heterocycles. The average molecular weight is 411 g/mol. The number of nitrogens with one attached hydrogen (secondary N) is 1. The number of para-hydroxylation sites is 2. The number of fused-ring (bicyclic) bond motifs is 1. The van der Waals surface area contributed by atoms with Crippen molar-refractivity contribution in [2.24, 2.45) is 0 Å². The molecule has 0 spiro atoms. The van der Waals surface area contributed by atoms with Gasteiger partial charge in [-0.25, -0.2) is 4.98 Å². The third kappa shape index (κ3) is 5.00. The van der Waals surface area contributed by atoms with E-state index in [-0.39, 0.29) is 42.8 Å². The summed E-state index contributed by atoms with van der Waals surface area (Å²) in [7, 11) is -1.32. The Balaban J connectivity index is 0.00000150. The van der Waals surface area contributed by atoms with Crippen molar-refractivity contribution in [1.82, 2.24) is 15.0 Å². The Morgan fingerprint density at radius 2 is 2.18 bits per heavy atom. The van der Waals surface area contributed by atoms with Crippen LogP contribution in [0.5, 0.6) is 5.75 Å². The van der Waals surface area contributed by atoms with Gasteiger partial charge in [-0.1, -0.05) is 12.1 Å². The minimum absolute atomic E-state index is 0. The molecule has 1 aromatic carbocycles. The molecule has 3 heterocycles. The number of aromatic nitrogens is 3. The number of hydrogen-bond acceptors (Lipinski definition) is 6. The van der Waals surface area contributed by atoms with Crippen LogP contribution in [-0.2, 0) is 26.0 Å². The van der Waals surface area contributed by atoms with E-state index in [1.54, 1.807) is 6.20 Å². The van der Waals surface area contributed by atoms with Gasteiger partial charge in [-0.3, -0.25) is 9.19 Å². The topological polar surface area (TPSA) is 86.3 Å². The molecule has 2 unspecified atom stereocenters. The van der Waals surface area contributed by atoms with E-state index in [1.807, 2.05) is 37.3 Å². The normalized spacial score (nSPS) is 17.8. The van der Waals surface area contributed by atoms with Gasteiger partial charge in [0.25, 0.3) is 0 Å². The molecule has 1 fully saturated rings. The molecule has 1 saturated heterocycles. The number of rotatable bonds is 6. The zero-order chi connectivity index (χ0) is 18.6. The molecule has 0 radical (unpaired) electrons. The molecule has 144 valence electrons. The number of nitrogens with zero attached hydrogens (tertiary/aromatic N) is 2. The SMILES string of the molecule is Cc1c(OCC2COCCO2)ccnc1CS(=O)c1nc2ccccc2[nH]1.[H-].[Na+]. The van der Waals surface area contributed by atoms with E-state index in [1.165, 1.54) is 0 Å². The minimum atomic E-state index is -1.32. The van der Waals surface area contributed by atoms with Gasteiger partial charge in [0.1, 0.15) is 18.5 Å². The fourth-order valence-corrected chi connectivity index (χ4v) is 4.01. The summed E-state index contributed by atoms with van der Waals surface area (Å²) in [4.78, 5) is 11.9. The smallest absolute Gasteiger partial charge is 1.00 e. The van der Waals surface area contributed by atoms with E-state index in [0.717, 1.165) is 28.0 Å². The van der Waals surface area contributed by atoms with Gasteiger partial charge >= 0.3 is 29.6 Å². The summed E-state index contributed by atoms with van der Waals surface area (Å²) in [6.45, 7) is 4.09. The van der Waals surface area contributed by atoms with Gasteiger partial charge in [-0.15, -0.1) is 0 Å². The van der Waals surface area contributed by atoms with Crippen LogP contribution in [0.1, 0.15) is 12.7 Å². The predicted molar refractivity (Wildman–Crippen MR) is 102 cm³/mol. The maximum absolute atomic E-state index is 12.8. The van der Waals surface area contributed by atoms with Crippen LogP contribution >= 0.6 is 0 Å². The Morgan fingerprint density at radius 1 is 1.32 bits per heavy atom. The van der Waals surface area contributed by atoms with Crippen LogP contribution in [0.4, 0.5) is 0 Å². The van der Waals surface area contributed by atoms with Gasteiger partial charge in [0.05, 0.1) is 53.1 Å². The van der Waals surface area contributed by atoms with Crippen LogP contribution in [0.2, 0.25) is 0 Å². The first kappa shape index (κ1) is 21.4. The largest absolute Gasteiger partial charge is 1.00 e. The van der Waals surface area contributed by atoms with Crippen molar-refractivity contribution in [2.75, 3.05) is 26.4 Å². The van der Waals surface area contributed by atoms with E-state index < -0.39 is 10.8 Å². The van der Waals surface area contributed by atoms with Crippen LogP contribution in [0.25, 0.3) is 11.0 Å². The molecule has 28 heavy (non-hydrogen) atoms. The van der Waals surface area contributed by atoms with Gasteiger partial charge in [-0.05, 0) is 25.1 Å². The number of benzene rings is 1.